The van der Waals surface area contributed by atoms with Crippen molar-refractivity contribution in [3.8, 4) is 0 Å². The molecule has 0 saturated carbocycles. The van der Waals surface area contributed by atoms with Gasteiger partial charge < -0.3 is 9.47 Å². The van der Waals surface area contributed by atoms with Gasteiger partial charge in [-0.3, -0.25) is 9.80 Å². The molecule has 2 fully saturated rings. The van der Waals surface area contributed by atoms with Crippen molar-refractivity contribution < 1.29 is 28.7 Å². The lowest BCUT2D eigenvalue weighted by Gasteiger charge is -2.33. The number of fused-ring (bicyclic) bond motifs is 4. The molecule has 0 spiro atoms. The number of allylic oxidation sites excluding steroid dienone is 8. The van der Waals surface area contributed by atoms with Crippen LogP contribution >= 0.6 is 0 Å². The molecule has 1 aromatic heterocycles. The zero-order valence-electron chi connectivity index (χ0n) is 29.0. The maximum atomic E-state index is 15.0. The van der Waals surface area contributed by atoms with E-state index in [0.29, 0.717) is 73.2 Å². The van der Waals surface area contributed by atoms with E-state index < -0.39 is 24.3 Å². The molecule has 0 unspecified atom stereocenters. The van der Waals surface area contributed by atoms with Crippen LogP contribution < -0.4 is 8.97 Å². The lowest BCUT2D eigenvalue weighted by Crippen LogP contribution is -2.57. The predicted octanol–water partition coefficient (Wildman–Crippen LogP) is 6.38. The van der Waals surface area contributed by atoms with Gasteiger partial charge in [-0.2, -0.15) is 0 Å². The van der Waals surface area contributed by atoms with Crippen molar-refractivity contribution in [2.75, 3.05) is 13.1 Å². The van der Waals surface area contributed by atoms with Gasteiger partial charge in [0.2, 0.25) is 5.82 Å². The van der Waals surface area contributed by atoms with Crippen molar-refractivity contribution >= 4 is 35.6 Å². The lowest BCUT2D eigenvalue weighted by molar-refractivity contribution is -0.131. The van der Waals surface area contributed by atoms with Gasteiger partial charge in [0.05, 0.1) is 0 Å². The smallest absolute Gasteiger partial charge is 0.410 e. The second kappa shape index (κ2) is 12.8. The Labute approximate surface area is 306 Å². The maximum Gasteiger partial charge on any atom is 0.410 e. The third-order valence-electron chi connectivity index (χ3n) is 11.1. The summed E-state index contributed by atoms with van der Waals surface area (Å²) in [6, 6.07) is 19.2. The fourth-order valence-electron chi connectivity index (χ4n) is 8.56. The van der Waals surface area contributed by atoms with Gasteiger partial charge in [-0.05, 0) is 36.8 Å². The van der Waals surface area contributed by atoms with E-state index in [0.717, 1.165) is 11.1 Å². The van der Waals surface area contributed by atoms with E-state index in [9.17, 15) is 19.2 Å². The molecule has 0 aliphatic carbocycles. The molecule has 6 aliphatic rings. The minimum Gasteiger partial charge on any atom is -0.445 e. The van der Waals surface area contributed by atoms with E-state index in [1.807, 2.05) is 109 Å². The number of rotatable bonds is 8. The monoisotopic (exact) mass is 710 g/mol. The topological polar surface area (TPSA) is 122 Å². The number of carbonyl (C=O) groups excluding carboxylic acids is 4. The SMILES string of the molecule is O=C(OCc1ccccc1)N1CCC[C@H]1C(=O)[N+]1(c2cc([N+]3(C(=O)[C@@H]4CCCN4C(=O)OCc4ccccc4)C4=CC=C3C=C4)[nH]n2)C2=CC=C1C=C2. The number of likely N-dealkylation sites (tertiary alicyclic amines) is 2. The summed E-state index contributed by atoms with van der Waals surface area (Å²) in [5, 5.41) is 7.94. The van der Waals surface area contributed by atoms with Crippen molar-refractivity contribution in [1.82, 2.24) is 29.0 Å². The van der Waals surface area contributed by atoms with Crippen LogP contribution in [0.3, 0.4) is 0 Å². The molecule has 9 rings (SSSR count). The summed E-state index contributed by atoms with van der Waals surface area (Å²) in [5.74, 6) is 0.409. The Hall–Kier alpha value is -6.11. The van der Waals surface area contributed by atoms with Gasteiger partial charge in [0.1, 0.15) is 19.3 Å². The highest BCUT2D eigenvalue weighted by atomic mass is 16.6. The molecule has 2 aromatic carbocycles. The molecule has 2 atom stereocenters. The molecule has 12 heteroatoms. The van der Waals surface area contributed by atoms with Crippen molar-refractivity contribution in [3.05, 3.63) is 149 Å². The molecule has 4 amide bonds. The molecule has 4 bridgehead atoms. The zero-order valence-corrected chi connectivity index (χ0v) is 29.0. The standard InChI is InChI=1S/C41H38N6O6/c48-38(34-13-7-23-44(34)40(50)52-26-28-9-3-1-4-10-28)46(30-15-16-31(46)18-17-30)36-25-37(43-42-36)47(32-19-20-33(47)22-21-32)39(49)35-14-8-24-45(35)41(51)53-27-29-11-5-2-6-12-29/h1-6,9-12,15-22,25,34-35H,7-8,13-14,23-24,26-27H2,(H,42,43)/q+2/t34-,35-/m0/s1. The van der Waals surface area contributed by atoms with Crippen LogP contribution in [0.4, 0.5) is 21.2 Å². The molecule has 266 valence electrons. The molecule has 3 aromatic rings. The third-order valence-corrected chi connectivity index (χ3v) is 11.1. The molecule has 12 nitrogen and oxygen atoms in total. The van der Waals surface area contributed by atoms with E-state index in [-0.39, 0.29) is 34.0 Å². The Morgan fingerprint density at radius 1 is 0.642 bits per heavy atom. The van der Waals surface area contributed by atoms with Gasteiger partial charge in [-0.1, -0.05) is 60.7 Å². The highest BCUT2D eigenvalue weighted by Crippen LogP contribution is 2.50. The first-order valence-corrected chi connectivity index (χ1v) is 18.0. The van der Waals surface area contributed by atoms with Crippen LogP contribution in [-0.4, -0.2) is 69.2 Å². The maximum absolute atomic E-state index is 15.0. The second-order valence-electron chi connectivity index (χ2n) is 13.9. The highest BCUT2D eigenvalue weighted by molar-refractivity contribution is 6.04. The number of aromatic nitrogens is 2. The summed E-state index contributed by atoms with van der Waals surface area (Å²) in [4.78, 5) is 59.9. The Bertz CT molecular complexity index is 2020. The molecule has 2 saturated heterocycles. The van der Waals surface area contributed by atoms with Gasteiger partial charge >= 0.3 is 24.0 Å². The number of benzene rings is 2. The predicted molar refractivity (Wildman–Crippen MR) is 196 cm³/mol. The summed E-state index contributed by atoms with van der Waals surface area (Å²) >= 11 is 0. The van der Waals surface area contributed by atoms with Crippen LogP contribution in [0.5, 0.6) is 0 Å². The summed E-state index contributed by atoms with van der Waals surface area (Å²) < 4.78 is 10.8. The number of aromatic amines is 1. The van der Waals surface area contributed by atoms with Gasteiger partial charge in [0, 0.05) is 61.7 Å². The number of amides is 4. The van der Waals surface area contributed by atoms with Gasteiger partial charge in [-0.25, -0.2) is 24.3 Å². The van der Waals surface area contributed by atoms with E-state index in [1.165, 1.54) is 9.80 Å². The highest BCUT2D eigenvalue weighted by Gasteiger charge is 2.61. The van der Waals surface area contributed by atoms with E-state index in [2.05, 4.69) is 5.10 Å². The lowest BCUT2D eigenvalue weighted by atomic mass is 10.1. The molecule has 53 heavy (non-hydrogen) atoms. The molecular formula is C41H38N6O6+2. The molecule has 6 aliphatic heterocycles. The first-order valence-electron chi connectivity index (χ1n) is 18.0. The largest absolute Gasteiger partial charge is 0.445 e. The number of nitrogens with zero attached hydrogens (tertiary/aromatic N) is 5. The van der Waals surface area contributed by atoms with Gasteiger partial charge in [0.15, 0.2) is 34.9 Å². The zero-order chi connectivity index (χ0) is 36.2. The van der Waals surface area contributed by atoms with Crippen LogP contribution in [0.1, 0.15) is 36.8 Å². The summed E-state index contributed by atoms with van der Waals surface area (Å²) in [7, 11) is 0. The Morgan fingerprint density at radius 2 is 1.08 bits per heavy atom. The fourth-order valence-corrected chi connectivity index (χ4v) is 8.56. The van der Waals surface area contributed by atoms with Crippen molar-refractivity contribution in [2.24, 2.45) is 0 Å². The summed E-state index contributed by atoms with van der Waals surface area (Å²) in [6.07, 6.45) is 16.4. The van der Waals surface area contributed by atoms with Crippen LogP contribution in [0, 0.1) is 0 Å². The first kappa shape index (κ1) is 32.8. The van der Waals surface area contributed by atoms with Crippen LogP contribution in [0.2, 0.25) is 0 Å². The van der Waals surface area contributed by atoms with Crippen molar-refractivity contribution in [2.45, 2.75) is 51.0 Å². The normalized spacial score (nSPS) is 22.5. The summed E-state index contributed by atoms with van der Waals surface area (Å²) in [5.41, 5.74) is 4.56. The third kappa shape index (κ3) is 5.01. The van der Waals surface area contributed by atoms with Gasteiger partial charge in [-0.15, -0.1) is 14.1 Å². The minimum atomic E-state index is -0.753. The van der Waals surface area contributed by atoms with Crippen molar-refractivity contribution in [1.29, 1.82) is 0 Å². The van der Waals surface area contributed by atoms with Crippen LogP contribution in [0.25, 0.3) is 0 Å². The van der Waals surface area contributed by atoms with E-state index in [4.69, 9.17) is 14.6 Å². The number of hydrogen-bond acceptors (Lipinski definition) is 7. The van der Waals surface area contributed by atoms with E-state index >= 15 is 0 Å². The quantitative estimate of drug-likeness (QED) is 0.269. The fraction of sp³-hybridized carbons (Fsp3) is 0.244. The number of H-pyrrole nitrogens is 1. The second-order valence-corrected chi connectivity index (χ2v) is 13.9. The number of ether oxygens (including phenoxy) is 2. The average molecular weight is 711 g/mol. The van der Waals surface area contributed by atoms with Crippen LogP contribution in [0.15, 0.2) is 138 Å². The molecule has 1 N–H and O–H groups in total. The number of nitrogens with one attached hydrogen (secondary N) is 1. The van der Waals surface area contributed by atoms with Crippen LogP contribution in [-0.2, 0) is 32.3 Å². The number of quaternary nitrogens is 2. The Kier molecular flexibility index (Phi) is 7.94. The summed E-state index contributed by atoms with van der Waals surface area (Å²) in [6.45, 7) is 1.01. The average Bonchev–Trinajstić information content (AvgIpc) is 4.07. The minimum absolute atomic E-state index is 0.106. The molecular weight excluding hydrogens is 672 g/mol. The number of hydrogen-bond donors (Lipinski definition) is 1. The van der Waals surface area contributed by atoms with E-state index in [1.54, 1.807) is 6.07 Å². The number of carbonyl (C=O) groups is 4. The molecule has 7 heterocycles. The Balaban J connectivity index is 1.02. The van der Waals surface area contributed by atoms with Crippen molar-refractivity contribution in [3.63, 3.8) is 0 Å². The van der Waals surface area contributed by atoms with Gasteiger partial charge in [0.25, 0.3) is 5.82 Å². The first-order chi connectivity index (χ1) is 25.9. The Morgan fingerprint density at radius 3 is 1.53 bits per heavy atom. The molecule has 0 radical (unpaired) electrons.